The van der Waals surface area contributed by atoms with Gasteiger partial charge < -0.3 is 4.74 Å². The summed E-state index contributed by atoms with van der Waals surface area (Å²) in [4.78, 5) is 9.79. The average molecular weight is 153 g/mol. The van der Waals surface area contributed by atoms with Crippen LogP contribution in [0, 0.1) is 0 Å². The van der Waals surface area contributed by atoms with Crippen LogP contribution in [0.25, 0.3) is 0 Å². The first-order valence-electron chi connectivity index (χ1n) is 2.77. The van der Waals surface area contributed by atoms with Gasteiger partial charge in [-0.2, -0.15) is 0 Å². The lowest BCUT2D eigenvalue weighted by Crippen LogP contribution is -2.01. The second-order valence-electron chi connectivity index (χ2n) is 1.64. The summed E-state index contributed by atoms with van der Waals surface area (Å²) in [7, 11) is 0. The Morgan fingerprint density at radius 1 is 1.82 bits per heavy atom. The number of ether oxygens (including phenoxy) is 1. The van der Waals surface area contributed by atoms with Crippen molar-refractivity contribution < 1.29 is 9.53 Å². The van der Waals surface area contributed by atoms with Gasteiger partial charge in [-0.25, -0.2) is 9.89 Å². The number of nitrogens with one attached hydrogen (secondary N) is 1. The fourth-order valence-electron chi connectivity index (χ4n) is 0.554. The van der Waals surface area contributed by atoms with E-state index in [-0.39, 0.29) is 0 Å². The van der Waals surface area contributed by atoms with E-state index in [2.05, 4.69) is 31.9 Å². The molecule has 6 heteroatoms. The average Bonchev–Trinajstić information content (AvgIpc) is 2.52. The van der Waals surface area contributed by atoms with Gasteiger partial charge in [-0.3, -0.25) is 0 Å². The normalized spacial score (nSPS) is 12.0. The summed E-state index contributed by atoms with van der Waals surface area (Å²) in [6, 6.07) is 0. The third-order valence-corrected chi connectivity index (χ3v) is 1.02. The lowest BCUT2D eigenvalue weighted by molar-refractivity contribution is 0.214. The van der Waals surface area contributed by atoms with Gasteiger partial charge in [-0.1, -0.05) is 6.58 Å². The highest BCUT2D eigenvalue weighted by Gasteiger charge is 2.11. The van der Waals surface area contributed by atoms with Gasteiger partial charge >= 0.3 is 6.47 Å². The molecule has 6 nitrogen and oxygen atoms in total. The third kappa shape index (κ3) is 1.60. The van der Waals surface area contributed by atoms with Crippen molar-refractivity contribution in [3.63, 3.8) is 0 Å². The van der Waals surface area contributed by atoms with E-state index in [1.807, 2.05) is 0 Å². The largest absolute Gasteiger partial charge is 0.441 e. The van der Waals surface area contributed by atoms with Crippen LogP contribution < -0.4 is 0 Å². The van der Waals surface area contributed by atoms with Crippen molar-refractivity contribution in [1.82, 2.24) is 20.6 Å². The maximum Gasteiger partial charge on any atom is 0.418 e. The van der Waals surface area contributed by atoms with Gasteiger partial charge in [0, 0.05) is 0 Å². The Kier molecular flexibility index (Phi) is 2.32. The highest BCUT2D eigenvalue weighted by molar-refractivity contribution is 5.39. The number of hydrogen-bond acceptors (Lipinski definition) is 5. The maximum absolute atomic E-state index is 9.79. The van der Waals surface area contributed by atoms with E-state index in [0.717, 1.165) is 0 Å². The Hall–Kier alpha value is -1.72. The van der Waals surface area contributed by atoms with Crippen LogP contribution in [-0.2, 0) is 9.53 Å². The van der Waals surface area contributed by atoms with Crippen LogP contribution in [0.3, 0.4) is 0 Å². The van der Waals surface area contributed by atoms with Gasteiger partial charge in [-0.05, 0) is 16.5 Å². The van der Waals surface area contributed by atoms with Gasteiger partial charge in [0.2, 0.25) is 0 Å². The molecule has 0 fully saturated rings. The number of aromatic amines is 1. The second kappa shape index (κ2) is 3.45. The first kappa shape index (κ1) is 7.39. The molecule has 0 amide bonds. The molecule has 0 spiro atoms. The van der Waals surface area contributed by atoms with Crippen molar-refractivity contribution in [2.75, 3.05) is 0 Å². The first-order chi connectivity index (χ1) is 5.38. The fraction of sp³-hybridized carbons (Fsp3) is 0.200. The number of hydrogen-bond donors (Lipinski definition) is 1. The van der Waals surface area contributed by atoms with Crippen LogP contribution in [-0.4, -0.2) is 27.1 Å². The smallest absolute Gasteiger partial charge is 0.418 e. The summed E-state index contributed by atoms with van der Waals surface area (Å²) in [6.45, 7) is 4.69. The predicted molar refractivity (Wildman–Crippen MR) is 33.9 cm³/mol. The van der Waals surface area contributed by atoms with Crippen LogP contribution in [0.5, 0.6) is 0 Å². The van der Waals surface area contributed by atoms with Gasteiger partial charge in [0.25, 0.3) is 0 Å². The number of nitrogens with zero attached hydrogens (tertiary/aromatic N) is 3. The molecule has 1 radical (unpaired) electrons. The minimum atomic E-state index is -0.650. The minimum absolute atomic E-state index is 0.323. The Morgan fingerprint density at radius 2 is 2.64 bits per heavy atom. The van der Waals surface area contributed by atoms with E-state index in [1.165, 1.54) is 12.5 Å². The van der Waals surface area contributed by atoms with Crippen LogP contribution >= 0.6 is 0 Å². The molecule has 1 unspecified atom stereocenters. The summed E-state index contributed by atoms with van der Waals surface area (Å²) in [5.41, 5.74) is 0. The third-order valence-electron chi connectivity index (χ3n) is 1.02. The quantitative estimate of drug-likeness (QED) is 0.590. The van der Waals surface area contributed by atoms with Gasteiger partial charge in [-0.15, -0.1) is 5.10 Å². The summed E-state index contributed by atoms with van der Waals surface area (Å²) in [5, 5.41) is 12.5. The molecule has 1 aromatic heterocycles. The van der Waals surface area contributed by atoms with E-state index in [4.69, 9.17) is 0 Å². The molecule has 0 aliphatic rings. The SMILES string of the molecule is C=CC(O[C]=O)c1nnn[nH]1. The number of rotatable bonds is 4. The second-order valence-corrected chi connectivity index (χ2v) is 1.64. The van der Waals surface area contributed by atoms with Crippen LogP contribution in [0.2, 0.25) is 0 Å². The zero-order valence-electron chi connectivity index (χ0n) is 5.52. The van der Waals surface area contributed by atoms with Crippen molar-refractivity contribution in [3.8, 4) is 0 Å². The van der Waals surface area contributed by atoms with Crippen LogP contribution in [0.1, 0.15) is 11.9 Å². The lowest BCUT2D eigenvalue weighted by atomic mass is 10.3. The lowest BCUT2D eigenvalue weighted by Gasteiger charge is -2.02. The predicted octanol–water partition coefficient (Wildman–Crippen LogP) is -0.489. The fourth-order valence-corrected chi connectivity index (χ4v) is 0.554. The standard InChI is InChI=1S/C5H5N4O2/c1-2-4(11-3-10)5-6-8-9-7-5/h2,4H,1H2,(H,6,7,8,9). The molecule has 0 saturated heterocycles. The molecule has 0 saturated carbocycles. The number of tetrazole rings is 1. The van der Waals surface area contributed by atoms with Crippen molar-refractivity contribution in [2.24, 2.45) is 0 Å². The van der Waals surface area contributed by atoms with Crippen molar-refractivity contribution >= 4 is 6.47 Å². The molecule has 11 heavy (non-hydrogen) atoms. The summed E-state index contributed by atoms with van der Waals surface area (Å²) in [6.07, 6.45) is 0.732. The van der Waals surface area contributed by atoms with Gasteiger partial charge in [0.1, 0.15) is 0 Å². The molecule has 1 heterocycles. The monoisotopic (exact) mass is 153 g/mol. The highest BCUT2D eigenvalue weighted by Crippen LogP contribution is 2.09. The molecular weight excluding hydrogens is 148 g/mol. The molecule has 1 N–H and O–H groups in total. The van der Waals surface area contributed by atoms with Crippen molar-refractivity contribution in [2.45, 2.75) is 6.10 Å². The number of H-pyrrole nitrogens is 1. The van der Waals surface area contributed by atoms with Crippen LogP contribution in [0.15, 0.2) is 12.7 Å². The molecule has 0 aliphatic carbocycles. The molecule has 57 valence electrons. The molecule has 1 atom stereocenters. The van der Waals surface area contributed by atoms with E-state index in [1.54, 1.807) is 0 Å². The number of aromatic nitrogens is 4. The number of carbonyl (C=O) groups excluding carboxylic acids is 1. The van der Waals surface area contributed by atoms with E-state index >= 15 is 0 Å². The topological polar surface area (TPSA) is 80.8 Å². The van der Waals surface area contributed by atoms with Crippen LogP contribution in [0.4, 0.5) is 0 Å². The van der Waals surface area contributed by atoms with E-state index in [0.29, 0.717) is 5.82 Å². The zero-order chi connectivity index (χ0) is 8.10. The Balaban J connectivity index is 2.70. The van der Waals surface area contributed by atoms with Crippen molar-refractivity contribution in [1.29, 1.82) is 0 Å². The Bertz CT molecular complexity index is 233. The minimum Gasteiger partial charge on any atom is -0.441 e. The summed E-state index contributed by atoms with van der Waals surface area (Å²) < 4.78 is 4.44. The van der Waals surface area contributed by atoms with E-state index in [9.17, 15) is 4.79 Å². The molecule has 0 aliphatic heterocycles. The molecule has 1 aromatic rings. The summed E-state index contributed by atoms with van der Waals surface area (Å²) in [5.74, 6) is 0.323. The molecular formula is C5H5N4O2. The first-order valence-corrected chi connectivity index (χ1v) is 2.77. The molecule has 1 rings (SSSR count). The molecule has 0 aromatic carbocycles. The molecule has 0 bridgehead atoms. The Morgan fingerprint density at radius 3 is 3.09 bits per heavy atom. The van der Waals surface area contributed by atoms with Gasteiger partial charge in [0.15, 0.2) is 11.9 Å². The van der Waals surface area contributed by atoms with E-state index < -0.39 is 6.10 Å². The maximum atomic E-state index is 9.79. The highest BCUT2D eigenvalue weighted by atomic mass is 16.5. The van der Waals surface area contributed by atoms with Gasteiger partial charge in [0.05, 0.1) is 0 Å². The zero-order valence-corrected chi connectivity index (χ0v) is 5.52. The Labute approximate surface area is 62.3 Å². The summed E-state index contributed by atoms with van der Waals surface area (Å²) >= 11 is 0. The van der Waals surface area contributed by atoms with Crippen molar-refractivity contribution in [3.05, 3.63) is 18.5 Å².